The first-order valence-electron chi connectivity index (χ1n) is 7.54. The Balaban J connectivity index is 1.68. The van der Waals surface area contributed by atoms with Gasteiger partial charge in [0.15, 0.2) is 5.82 Å². The molecule has 1 N–H and O–H groups in total. The maximum absolute atomic E-state index is 5.58. The molecular weight excluding hydrogens is 282 g/mol. The first kappa shape index (κ1) is 14.6. The van der Waals surface area contributed by atoms with Crippen LogP contribution in [0.3, 0.4) is 0 Å². The molecule has 1 aromatic heterocycles. The van der Waals surface area contributed by atoms with E-state index in [2.05, 4.69) is 34.5 Å². The number of benzene rings is 1. The average molecular weight is 303 g/mol. The van der Waals surface area contributed by atoms with E-state index >= 15 is 0 Å². The van der Waals surface area contributed by atoms with Crippen LogP contribution in [0.1, 0.15) is 37.9 Å². The van der Waals surface area contributed by atoms with Gasteiger partial charge in [-0.15, -0.1) is 11.8 Å². The predicted octanol–water partition coefficient (Wildman–Crippen LogP) is 3.39. The molecule has 1 aliphatic heterocycles. The molecule has 0 amide bonds. The van der Waals surface area contributed by atoms with Crippen LogP contribution in [0, 0.1) is 0 Å². The zero-order chi connectivity index (χ0) is 14.5. The lowest BCUT2D eigenvalue weighted by atomic mass is 9.82. The van der Waals surface area contributed by atoms with Gasteiger partial charge in [0.05, 0.1) is 11.2 Å². The number of nitrogens with zero attached hydrogens (tertiary/aromatic N) is 2. The Kier molecular flexibility index (Phi) is 4.60. The molecule has 0 radical (unpaired) electrons. The van der Waals surface area contributed by atoms with Crippen molar-refractivity contribution in [3.8, 4) is 0 Å². The van der Waals surface area contributed by atoms with Crippen LogP contribution >= 0.6 is 11.8 Å². The minimum atomic E-state index is 0.0530. The highest BCUT2D eigenvalue weighted by atomic mass is 32.2. The molecule has 0 bridgehead atoms. The third-order valence-corrected chi connectivity index (χ3v) is 5.01. The summed E-state index contributed by atoms with van der Waals surface area (Å²) in [6.07, 6.45) is 3.33. The van der Waals surface area contributed by atoms with E-state index in [0.29, 0.717) is 0 Å². The van der Waals surface area contributed by atoms with Gasteiger partial charge >= 0.3 is 0 Å². The van der Waals surface area contributed by atoms with Crippen molar-refractivity contribution in [3.05, 3.63) is 42.0 Å². The minimum absolute atomic E-state index is 0.0530. The monoisotopic (exact) mass is 303 g/mol. The van der Waals surface area contributed by atoms with Crippen LogP contribution in [0.25, 0.3) is 0 Å². The van der Waals surface area contributed by atoms with Crippen molar-refractivity contribution in [2.24, 2.45) is 0 Å². The van der Waals surface area contributed by atoms with Crippen LogP contribution in [-0.4, -0.2) is 23.2 Å². The lowest BCUT2D eigenvalue weighted by Gasteiger charge is -2.22. The second-order valence-corrected chi connectivity index (χ2v) is 6.62. The van der Waals surface area contributed by atoms with E-state index in [1.54, 1.807) is 11.8 Å². The van der Waals surface area contributed by atoms with Crippen LogP contribution in [-0.2, 0) is 11.2 Å². The fraction of sp³-hybridized carbons (Fsp3) is 0.500. The number of aromatic nitrogens is 2. The molecule has 2 aromatic rings. The summed E-state index contributed by atoms with van der Waals surface area (Å²) in [7, 11) is 0. The molecule has 1 aromatic carbocycles. The van der Waals surface area contributed by atoms with Crippen molar-refractivity contribution in [2.75, 3.05) is 13.1 Å². The third kappa shape index (κ3) is 3.30. The summed E-state index contributed by atoms with van der Waals surface area (Å²) < 4.78 is 5.58. The Morgan fingerprint density at radius 3 is 2.90 bits per heavy atom. The highest BCUT2D eigenvalue weighted by Crippen LogP contribution is 2.34. The summed E-state index contributed by atoms with van der Waals surface area (Å²) >= 11 is 1.74. The molecule has 0 saturated carbocycles. The predicted molar refractivity (Wildman–Crippen MR) is 84.4 cm³/mol. The summed E-state index contributed by atoms with van der Waals surface area (Å²) in [5, 5.41) is 7.60. The van der Waals surface area contributed by atoms with Gasteiger partial charge in [-0.05, 0) is 31.5 Å². The van der Waals surface area contributed by atoms with Crippen molar-refractivity contribution < 1.29 is 4.52 Å². The van der Waals surface area contributed by atoms with Crippen LogP contribution < -0.4 is 5.32 Å². The zero-order valence-corrected chi connectivity index (χ0v) is 13.2. The van der Waals surface area contributed by atoms with Crippen molar-refractivity contribution in [3.63, 3.8) is 0 Å². The van der Waals surface area contributed by atoms with Gasteiger partial charge < -0.3 is 9.84 Å². The molecule has 1 aliphatic rings. The minimum Gasteiger partial charge on any atom is -0.339 e. The fourth-order valence-electron chi connectivity index (χ4n) is 2.92. The van der Waals surface area contributed by atoms with Gasteiger partial charge in [0.25, 0.3) is 0 Å². The summed E-state index contributed by atoms with van der Waals surface area (Å²) in [5.74, 6) is 2.36. The molecule has 2 heterocycles. The Morgan fingerprint density at radius 2 is 2.19 bits per heavy atom. The van der Waals surface area contributed by atoms with Crippen LogP contribution in [0.2, 0.25) is 0 Å². The van der Waals surface area contributed by atoms with Gasteiger partial charge in [0.1, 0.15) is 0 Å². The molecular formula is C16H21N3OS. The molecule has 3 rings (SSSR count). The molecule has 1 atom stereocenters. The van der Waals surface area contributed by atoms with E-state index in [-0.39, 0.29) is 5.41 Å². The van der Waals surface area contributed by atoms with E-state index < -0.39 is 0 Å². The van der Waals surface area contributed by atoms with Gasteiger partial charge in [-0.3, -0.25) is 0 Å². The Labute approximate surface area is 129 Å². The molecule has 1 unspecified atom stereocenters. The highest BCUT2D eigenvalue weighted by molar-refractivity contribution is 7.98. The molecule has 112 valence electrons. The first-order valence-corrected chi connectivity index (χ1v) is 8.53. The number of thioether (sulfide) groups is 1. The van der Waals surface area contributed by atoms with E-state index in [9.17, 15) is 0 Å². The fourth-order valence-corrected chi connectivity index (χ4v) is 3.68. The molecule has 1 fully saturated rings. The number of rotatable bonds is 6. The van der Waals surface area contributed by atoms with Gasteiger partial charge in [0, 0.05) is 11.4 Å². The van der Waals surface area contributed by atoms with Crippen molar-refractivity contribution >= 4 is 11.8 Å². The van der Waals surface area contributed by atoms with E-state index in [1.807, 2.05) is 18.2 Å². The second kappa shape index (κ2) is 6.62. The molecule has 5 heteroatoms. The second-order valence-electron chi connectivity index (χ2n) is 5.57. The maximum Gasteiger partial charge on any atom is 0.234 e. The zero-order valence-electron chi connectivity index (χ0n) is 12.3. The Hall–Kier alpha value is -1.33. The highest BCUT2D eigenvalue weighted by Gasteiger charge is 2.39. The standard InChI is InChI=1S/C16H21N3OS/c1-2-8-16(9-10-17-12-16)15-18-14(19-20-15)11-21-13-6-4-3-5-7-13/h3-7,17H,2,8-12H2,1H3. The quantitative estimate of drug-likeness (QED) is 0.829. The maximum atomic E-state index is 5.58. The summed E-state index contributed by atoms with van der Waals surface area (Å²) in [5.41, 5.74) is 0.0530. The van der Waals surface area contributed by atoms with Crippen molar-refractivity contribution in [2.45, 2.75) is 42.2 Å². The number of nitrogens with one attached hydrogen (secondary N) is 1. The largest absolute Gasteiger partial charge is 0.339 e. The molecule has 1 saturated heterocycles. The molecule has 0 aliphatic carbocycles. The number of hydrogen-bond acceptors (Lipinski definition) is 5. The lowest BCUT2D eigenvalue weighted by Crippen LogP contribution is -2.29. The van der Waals surface area contributed by atoms with E-state index in [1.165, 1.54) is 4.90 Å². The lowest BCUT2D eigenvalue weighted by molar-refractivity contribution is 0.276. The Bertz CT molecular complexity index is 564. The average Bonchev–Trinajstić information content (AvgIpc) is 3.16. The van der Waals surface area contributed by atoms with Gasteiger partial charge in [-0.2, -0.15) is 4.98 Å². The third-order valence-electron chi connectivity index (χ3n) is 4.01. The summed E-state index contributed by atoms with van der Waals surface area (Å²) in [6.45, 7) is 4.20. The summed E-state index contributed by atoms with van der Waals surface area (Å²) in [6, 6.07) is 10.3. The van der Waals surface area contributed by atoms with E-state index in [0.717, 1.165) is 49.8 Å². The number of hydrogen-bond donors (Lipinski definition) is 1. The van der Waals surface area contributed by atoms with Gasteiger partial charge in [-0.25, -0.2) is 0 Å². The van der Waals surface area contributed by atoms with Crippen molar-refractivity contribution in [1.29, 1.82) is 0 Å². The summed E-state index contributed by atoms with van der Waals surface area (Å²) in [4.78, 5) is 5.89. The smallest absolute Gasteiger partial charge is 0.234 e. The molecule has 0 spiro atoms. The van der Waals surface area contributed by atoms with Gasteiger partial charge in [-0.1, -0.05) is 36.7 Å². The molecule has 21 heavy (non-hydrogen) atoms. The van der Waals surface area contributed by atoms with Crippen LogP contribution in [0.4, 0.5) is 0 Å². The van der Waals surface area contributed by atoms with Crippen molar-refractivity contribution in [1.82, 2.24) is 15.5 Å². The van der Waals surface area contributed by atoms with Crippen LogP contribution in [0.5, 0.6) is 0 Å². The SMILES string of the molecule is CCCC1(c2nc(CSc3ccccc3)no2)CCNC1. The Morgan fingerprint density at radius 1 is 1.33 bits per heavy atom. The topological polar surface area (TPSA) is 51.0 Å². The normalized spacial score (nSPS) is 21.8. The van der Waals surface area contributed by atoms with Gasteiger partial charge in [0.2, 0.25) is 5.89 Å². The molecule has 4 nitrogen and oxygen atoms in total. The van der Waals surface area contributed by atoms with Crippen LogP contribution in [0.15, 0.2) is 39.8 Å². The van der Waals surface area contributed by atoms with E-state index in [4.69, 9.17) is 4.52 Å². The first-order chi connectivity index (χ1) is 10.3.